The number of amidine groups is 1. The summed E-state index contributed by atoms with van der Waals surface area (Å²) in [5, 5.41) is 1.06. The molecule has 40 heavy (non-hydrogen) atoms. The van der Waals surface area contributed by atoms with Crippen LogP contribution < -0.4 is 0 Å². The zero-order valence-electron chi connectivity index (χ0n) is 25.6. The number of halogens is 2. The Morgan fingerprint density at radius 2 is 1.62 bits per heavy atom. The predicted octanol–water partition coefficient (Wildman–Crippen LogP) is 11.0. The largest absolute Gasteiger partial charge is 0.356 e. The Labute approximate surface area is 254 Å². The van der Waals surface area contributed by atoms with Crippen molar-refractivity contribution in [3.05, 3.63) is 75.3 Å². The summed E-state index contributed by atoms with van der Waals surface area (Å²) in [6.07, 6.45) is 10.3. The van der Waals surface area contributed by atoms with Crippen LogP contribution in [0.25, 0.3) is 5.70 Å². The highest BCUT2D eigenvalue weighted by Crippen LogP contribution is 2.32. The van der Waals surface area contributed by atoms with E-state index in [2.05, 4.69) is 51.7 Å². The van der Waals surface area contributed by atoms with Crippen molar-refractivity contribution >= 4 is 40.5 Å². The van der Waals surface area contributed by atoms with E-state index >= 15 is 0 Å². The van der Waals surface area contributed by atoms with Gasteiger partial charge in [-0.2, -0.15) is 0 Å². The van der Waals surface area contributed by atoms with Crippen molar-refractivity contribution in [1.82, 2.24) is 4.90 Å². The van der Waals surface area contributed by atoms with Gasteiger partial charge in [-0.15, -0.1) is 0 Å². The lowest BCUT2D eigenvalue weighted by molar-refractivity contribution is -0.120. The van der Waals surface area contributed by atoms with Crippen molar-refractivity contribution < 1.29 is 4.79 Å². The highest BCUT2D eigenvalue weighted by Gasteiger charge is 2.29. The van der Waals surface area contributed by atoms with E-state index in [9.17, 15) is 4.79 Å². The summed E-state index contributed by atoms with van der Waals surface area (Å²) < 4.78 is 0. The topological polar surface area (TPSA) is 32.7 Å². The van der Waals surface area contributed by atoms with Gasteiger partial charge >= 0.3 is 0 Å². The average Bonchev–Trinajstić information content (AvgIpc) is 3.80. The molecule has 1 saturated carbocycles. The number of hydrogen-bond acceptors (Lipinski definition) is 2. The number of Topliss-reactive ketones (excluding diaryl/α,β-unsaturated/α-hetero) is 1. The predicted molar refractivity (Wildman–Crippen MR) is 175 cm³/mol. The number of hydrogen-bond donors (Lipinski definition) is 0. The summed E-state index contributed by atoms with van der Waals surface area (Å²) in [5.41, 5.74) is 4.32. The molecule has 0 heterocycles. The number of allylic oxidation sites excluding steroid dienone is 1. The molecule has 1 aliphatic rings. The molecule has 0 N–H and O–H groups in total. The molecule has 1 aliphatic carbocycles. The third kappa shape index (κ3) is 12.2. The molecule has 1 fully saturated rings. The normalized spacial score (nSPS) is 14.7. The first kappa shape index (κ1) is 34.1. The van der Waals surface area contributed by atoms with Gasteiger partial charge in [-0.1, -0.05) is 119 Å². The highest BCUT2D eigenvalue weighted by molar-refractivity contribution is 6.42. The van der Waals surface area contributed by atoms with Crippen molar-refractivity contribution in [2.24, 2.45) is 16.8 Å². The summed E-state index contributed by atoms with van der Waals surface area (Å²) >= 11 is 12.6. The van der Waals surface area contributed by atoms with E-state index in [1.165, 1.54) is 36.8 Å². The summed E-state index contributed by atoms with van der Waals surface area (Å²) in [6, 6.07) is 16.1. The summed E-state index contributed by atoms with van der Waals surface area (Å²) in [7, 11) is 0. The molecule has 1 unspecified atom stereocenters. The first-order chi connectivity index (χ1) is 19.2. The van der Waals surface area contributed by atoms with Crippen LogP contribution in [0.3, 0.4) is 0 Å². The fraction of sp³-hybridized carbons (Fsp3) is 0.543. The number of carbonyl (C=O) groups is 1. The minimum absolute atomic E-state index is 0.278. The monoisotopic (exact) mass is 584 g/mol. The molecule has 220 valence electrons. The molecule has 2 aromatic rings. The van der Waals surface area contributed by atoms with E-state index in [1.807, 2.05) is 43.3 Å². The molecule has 0 saturated heterocycles. The van der Waals surface area contributed by atoms with Crippen LogP contribution in [0.15, 0.2) is 59.1 Å². The molecule has 5 heteroatoms. The Morgan fingerprint density at radius 1 is 0.975 bits per heavy atom. The fourth-order valence-corrected chi connectivity index (χ4v) is 4.86. The van der Waals surface area contributed by atoms with Crippen molar-refractivity contribution in [3.8, 4) is 0 Å². The Morgan fingerprint density at radius 3 is 2.17 bits per heavy atom. The maximum Gasteiger partial charge on any atom is 0.137 e. The van der Waals surface area contributed by atoms with E-state index < -0.39 is 0 Å². The molecular weight excluding hydrogens is 535 g/mol. The Bertz CT molecular complexity index is 1100. The third-order valence-corrected chi connectivity index (χ3v) is 8.25. The van der Waals surface area contributed by atoms with Crippen LogP contribution >= 0.6 is 23.2 Å². The second kappa shape index (κ2) is 18.4. The average molecular weight is 586 g/mol. The van der Waals surface area contributed by atoms with E-state index in [1.54, 1.807) is 0 Å². The second-order valence-corrected chi connectivity index (χ2v) is 12.1. The number of nitrogens with zero attached hydrogens (tertiary/aromatic N) is 2. The van der Waals surface area contributed by atoms with Gasteiger partial charge < -0.3 is 4.90 Å². The lowest BCUT2D eigenvalue weighted by atomic mass is 9.96. The molecule has 1 atom stereocenters. The first-order valence-corrected chi connectivity index (χ1v) is 16.0. The van der Waals surface area contributed by atoms with Crippen LogP contribution in [0, 0.1) is 11.8 Å². The van der Waals surface area contributed by atoms with Gasteiger partial charge in [0.2, 0.25) is 0 Å². The lowest BCUT2D eigenvalue weighted by Crippen LogP contribution is -2.31. The van der Waals surface area contributed by atoms with Crippen LogP contribution in [0.2, 0.25) is 10.0 Å². The van der Waals surface area contributed by atoms with Gasteiger partial charge in [0.15, 0.2) is 0 Å². The Hall–Kier alpha value is -2.10. The Balaban J connectivity index is 0.000000840. The summed E-state index contributed by atoms with van der Waals surface area (Å²) in [6.45, 7) is 14.5. The number of ketones is 1. The van der Waals surface area contributed by atoms with Crippen LogP contribution in [0.4, 0.5) is 0 Å². The van der Waals surface area contributed by atoms with Gasteiger partial charge in [-0.3, -0.25) is 4.79 Å². The van der Waals surface area contributed by atoms with Crippen LogP contribution in [0.1, 0.15) is 110 Å². The number of unbranched alkanes of at least 4 members (excludes halogenated alkanes) is 3. The Kier molecular flexibility index (Phi) is 15.6. The van der Waals surface area contributed by atoms with E-state index in [-0.39, 0.29) is 5.92 Å². The molecule has 0 aromatic heterocycles. The highest BCUT2D eigenvalue weighted by atomic mass is 35.5. The van der Waals surface area contributed by atoms with Gasteiger partial charge in [0.1, 0.15) is 11.6 Å². The van der Waals surface area contributed by atoms with Crippen molar-refractivity contribution in [2.45, 2.75) is 106 Å². The lowest BCUT2D eigenvalue weighted by Gasteiger charge is -2.25. The maximum absolute atomic E-state index is 12.5. The number of carbonyl (C=O) groups excluding carboxylic acids is 1. The van der Waals surface area contributed by atoms with Gasteiger partial charge in [-0.05, 0) is 62.3 Å². The third-order valence-electron chi connectivity index (χ3n) is 7.51. The van der Waals surface area contributed by atoms with Crippen LogP contribution in [-0.4, -0.2) is 23.1 Å². The molecular formula is C35H50Cl2N2O. The molecule has 0 bridgehead atoms. The number of rotatable bonds is 14. The SMILES string of the molecule is CCC(C)C/C(C)=C(/N=C(C)N(CCC(=O)C1CC1)Cc1ccccc1)c1ccc(Cl)c(Cl)c1.CCCCCC. The molecule has 0 radical (unpaired) electrons. The molecule has 0 spiro atoms. The molecule has 0 aliphatic heterocycles. The summed E-state index contributed by atoms with van der Waals surface area (Å²) in [5.74, 6) is 2.11. The minimum atomic E-state index is 0.278. The molecule has 0 amide bonds. The minimum Gasteiger partial charge on any atom is -0.356 e. The summed E-state index contributed by atoms with van der Waals surface area (Å²) in [4.78, 5) is 19.8. The molecule has 3 rings (SSSR count). The van der Waals surface area contributed by atoms with Crippen molar-refractivity contribution in [1.29, 1.82) is 0 Å². The van der Waals surface area contributed by atoms with Crippen molar-refractivity contribution in [2.75, 3.05) is 6.54 Å². The second-order valence-electron chi connectivity index (χ2n) is 11.2. The van der Waals surface area contributed by atoms with Gasteiger partial charge in [0.05, 0.1) is 15.7 Å². The molecule has 3 nitrogen and oxygen atoms in total. The quantitative estimate of drug-likeness (QED) is 0.125. The molecule has 2 aromatic carbocycles. The zero-order valence-corrected chi connectivity index (χ0v) is 27.1. The van der Waals surface area contributed by atoms with Gasteiger partial charge in [-0.25, -0.2) is 4.99 Å². The number of aliphatic imine (C=N–C) groups is 1. The van der Waals surface area contributed by atoms with Crippen LogP contribution in [0.5, 0.6) is 0 Å². The van der Waals surface area contributed by atoms with Crippen LogP contribution in [-0.2, 0) is 11.3 Å². The zero-order chi connectivity index (χ0) is 29.5. The van der Waals surface area contributed by atoms with Crippen molar-refractivity contribution in [3.63, 3.8) is 0 Å². The standard InChI is InChI=1S/C29H36Cl2N2O.C6H14/c1-5-20(2)17-21(3)29(25-13-14-26(30)27(31)18-25)32-22(4)33(16-15-28(34)24-11-12-24)19-23-9-7-6-8-10-23;1-3-5-6-4-2/h6-10,13-14,18,20,24H,5,11-12,15-17,19H2,1-4H3;3-6H2,1-2H3/b29-21+,32-22?;. The van der Waals surface area contributed by atoms with Gasteiger partial charge in [0.25, 0.3) is 0 Å². The smallest absolute Gasteiger partial charge is 0.137 e. The number of benzene rings is 2. The van der Waals surface area contributed by atoms with E-state index in [0.717, 1.165) is 42.8 Å². The van der Waals surface area contributed by atoms with E-state index in [4.69, 9.17) is 28.2 Å². The fourth-order valence-electron chi connectivity index (χ4n) is 4.56. The van der Waals surface area contributed by atoms with Gasteiger partial charge in [0, 0.05) is 31.0 Å². The van der Waals surface area contributed by atoms with E-state index in [0.29, 0.717) is 41.3 Å². The maximum atomic E-state index is 12.5. The first-order valence-electron chi connectivity index (χ1n) is 15.2.